The van der Waals surface area contributed by atoms with Crippen molar-refractivity contribution in [3.63, 3.8) is 0 Å². The number of carbonyl (C=O) groups is 1. The molecule has 1 heterocycles. The van der Waals surface area contributed by atoms with Crippen LogP contribution in [0.4, 0.5) is 0 Å². The first kappa shape index (κ1) is 18.7. The lowest BCUT2D eigenvalue weighted by atomic mass is 9.97. The summed E-state index contributed by atoms with van der Waals surface area (Å²) >= 11 is 6.53. The number of benzene rings is 3. The zero-order chi connectivity index (χ0) is 19.7. The monoisotopic (exact) mass is 390 g/mol. The van der Waals surface area contributed by atoms with Gasteiger partial charge in [-0.25, -0.2) is 0 Å². The molecule has 1 amide bonds. The first-order valence-corrected chi connectivity index (χ1v) is 9.86. The minimum absolute atomic E-state index is 0.0322. The fourth-order valence-electron chi connectivity index (χ4n) is 3.82. The molecule has 0 spiro atoms. The Bertz CT molecular complexity index is 1010. The summed E-state index contributed by atoms with van der Waals surface area (Å²) in [5, 5.41) is 0.647. The number of aryl methyl sites for hydroxylation is 1. The highest BCUT2D eigenvalue weighted by Crippen LogP contribution is 2.29. The van der Waals surface area contributed by atoms with Crippen molar-refractivity contribution in [3.05, 3.63) is 94.0 Å². The highest BCUT2D eigenvalue weighted by atomic mass is 35.5. The molecule has 4 heteroatoms. The van der Waals surface area contributed by atoms with Gasteiger partial charge in [0.05, 0.1) is 6.04 Å². The van der Waals surface area contributed by atoms with Crippen LogP contribution >= 0.6 is 11.6 Å². The van der Waals surface area contributed by atoms with Crippen LogP contribution in [0, 0.1) is 6.92 Å². The second-order valence-corrected chi connectivity index (χ2v) is 7.80. The van der Waals surface area contributed by atoms with Gasteiger partial charge in [-0.05, 0) is 52.8 Å². The summed E-state index contributed by atoms with van der Waals surface area (Å²) in [7, 11) is 0. The maximum atomic E-state index is 12.8. The molecular formula is C24H23ClN2O. The summed E-state index contributed by atoms with van der Waals surface area (Å²) in [6, 6.07) is 21.7. The Kier molecular flexibility index (Phi) is 5.21. The van der Waals surface area contributed by atoms with Gasteiger partial charge in [0.15, 0.2) is 0 Å². The van der Waals surface area contributed by atoms with Gasteiger partial charge in [-0.2, -0.15) is 0 Å². The number of carbonyl (C=O) groups excluding carboxylic acids is 1. The number of nitrogens with zero attached hydrogens (tertiary/aromatic N) is 1. The lowest BCUT2D eigenvalue weighted by Gasteiger charge is -2.21. The van der Waals surface area contributed by atoms with Gasteiger partial charge < -0.3 is 10.6 Å². The summed E-state index contributed by atoms with van der Waals surface area (Å²) in [6.45, 7) is 3.34. The second-order valence-electron chi connectivity index (χ2n) is 7.39. The normalized spacial score (nSPS) is 14.0. The number of hydrogen-bond donors (Lipinski definition) is 1. The number of halogens is 1. The van der Waals surface area contributed by atoms with E-state index in [0.29, 0.717) is 24.5 Å². The Morgan fingerprint density at radius 3 is 2.32 bits per heavy atom. The van der Waals surface area contributed by atoms with Crippen LogP contribution in [0.1, 0.15) is 22.3 Å². The predicted octanol–water partition coefficient (Wildman–Crippen LogP) is 4.73. The van der Waals surface area contributed by atoms with E-state index in [1.54, 1.807) is 0 Å². The Morgan fingerprint density at radius 2 is 1.68 bits per heavy atom. The molecule has 0 bridgehead atoms. The summed E-state index contributed by atoms with van der Waals surface area (Å²) in [5.74, 6) is -0.0322. The predicted molar refractivity (Wildman–Crippen MR) is 114 cm³/mol. The van der Waals surface area contributed by atoms with E-state index >= 15 is 0 Å². The highest BCUT2D eigenvalue weighted by molar-refractivity contribution is 6.31. The second kappa shape index (κ2) is 7.78. The van der Waals surface area contributed by atoms with Crippen molar-refractivity contribution in [2.75, 3.05) is 0 Å². The summed E-state index contributed by atoms with van der Waals surface area (Å²) in [5.41, 5.74) is 13.0. The Balaban J connectivity index is 1.47. The van der Waals surface area contributed by atoms with Crippen LogP contribution in [0.3, 0.4) is 0 Å². The van der Waals surface area contributed by atoms with Crippen molar-refractivity contribution in [3.8, 4) is 11.1 Å². The molecule has 3 nitrogen and oxygen atoms in total. The summed E-state index contributed by atoms with van der Waals surface area (Å²) < 4.78 is 0. The van der Waals surface area contributed by atoms with E-state index in [2.05, 4.69) is 31.2 Å². The van der Waals surface area contributed by atoms with Crippen LogP contribution in [-0.4, -0.2) is 16.8 Å². The summed E-state index contributed by atoms with van der Waals surface area (Å²) in [6.07, 6.45) is 0.429. The SMILES string of the molecule is Cc1ccccc1-c1ccc(CC(N)C(=O)N2Cc3ccccc3C2)c(Cl)c1. The van der Waals surface area contributed by atoms with E-state index in [4.69, 9.17) is 17.3 Å². The third kappa shape index (κ3) is 3.68. The van der Waals surface area contributed by atoms with Gasteiger partial charge in [0, 0.05) is 18.1 Å². The van der Waals surface area contributed by atoms with E-state index in [-0.39, 0.29) is 5.91 Å². The van der Waals surface area contributed by atoms with E-state index < -0.39 is 6.04 Å². The lowest BCUT2D eigenvalue weighted by molar-refractivity contribution is -0.133. The number of amides is 1. The van der Waals surface area contributed by atoms with Crippen LogP contribution in [0.25, 0.3) is 11.1 Å². The largest absolute Gasteiger partial charge is 0.333 e. The molecule has 0 radical (unpaired) electrons. The topological polar surface area (TPSA) is 46.3 Å². The molecular weight excluding hydrogens is 368 g/mol. The first-order valence-electron chi connectivity index (χ1n) is 9.48. The van der Waals surface area contributed by atoms with Crippen molar-refractivity contribution in [2.24, 2.45) is 5.73 Å². The van der Waals surface area contributed by atoms with Gasteiger partial charge in [0.25, 0.3) is 0 Å². The maximum absolute atomic E-state index is 12.8. The number of fused-ring (bicyclic) bond motifs is 1. The molecule has 1 atom stereocenters. The smallest absolute Gasteiger partial charge is 0.240 e. The lowest BCUT2D eigenvalue weighted by Crippen LogP contribution is -2.42. The minimum atomic E-state index is -0.601. The van der Waals surface area contributed by atoms with Crippen LogP contribution in [0.5, 0.6) is 0 Å². The molecule has 0 fully saturated rings. The van der Waals surface area contributed by atoms with Crippen molar-refractivity contribution < 1.29 is 4.79 Å². The van der Waals surface area contributed by atoms with Gasteiger partial charge >= 0.3 is 0 Å². The van der Waals surface area contributed by atoms with Crippen LogP contribution < -0.4 is 5.73 Å². The summed E-state index contributed by atoms with van der Waals surface area (Å²) in [4.78, 5) is 14.6. The van der Waals surface area contributed by atoms with Crippen molar-refractivity contribution in [1.82, 2.24) is 4.90 Å². The molecule has 28 heavy (non-hydrogen) atoms. The van der Waals surface area contributed by atoms with E-state index in [9.17, 15) is 4.79 Å². The Hall–Kier alpha value is -2.62. The Labute approximate surface area is 170 Å². The molecule has 142 valence electrons. The van der Waals surface area contributed by atoms with Gasteiger partial charge in [-0.15, -0.1) is 0 Å². The maximum Gasteiger partial charge on any atom is 0.240 e. The molecule has 1 aliphatic rings. The average molecular weight is 391 g/mol. The number of rotatable bonds is 4. The first-order chi connectivity index (χ1) is 13.5. The highest BCUT2D eigenvalue weighted by Gasteiger charge is 2.27. The molecule has 1 unspecified atom stereocenters. The van der Waals surface area contributed by atoms with Crippen LogP contribution in [0.15, 0.2) is 66.7 Å². The number of nitrogens with two attached hydrogens (primary N) is 1. The van der Waals surface area contributed by atoms with E-state index in [1.807, 2.05) is 47.4 Å². The van der Waals surface area contributed by atoms with Gasteiger partial charge in [-0.1, -0.05) is 72.3 Å². The average Bonchev–Trinajstić information content (AvgIpc) is 3.13. The van der Waals surface area contributed by atoms with Crippen LogP contribution in [-0.2, 0) is 24.3 Å². The van der Waals surface area contributed by atoms with E-state index in [1.165, 1.54) is 16.7 Å². The van der Waals surface area contributed by atoms with Gasteiger partial charge in [0.1, 0.15) is 0 Å². The fourth-order valence-corrected chi connectivity index (χ4v) is 4.08. The Morgan fingerprint density at radius 1 is 1.04 bits per heavy atom. The molecule has 3 aromatic rings. The standard InChI is InChI=1S/C24H23ClN2O/c1-16-6-2-5-9-21(16)17-10-11-18(22(25)12-17)13-23(26)24(28)27-14-19-7-3-4-8-20(19)15-27/h2-12,23H,13-15,26H2,1H3. The van der Waals surface area contributed by atoms with Gasteiger partial charge in [0.2, 0.25) is 5.91 Å². The zero-order valence-electron chi connectivity index (χ0n) is 15.9. The molecule has 1 aliphatic heterocycles. The van der Waals surface area contributed by atoms with Crippen molar-refractivity contribution in [2.45, 2.75) is 32.5 Å². The molecule has 2 N–H and O–H groups in total. The van der Waals surface area contributed by atoms with E-state index in [0.717, 1.165) is 16.7 Å². The molecule has 0 aliphatic carbocycles. The quantitative estimate of drug-likeness (QED) is 0.700. The fraction of sp³-hybridized carbons (Fsp3) is 0.208. The van der Waals surface area contributed by atoms with Crippen molar-refractivity contribution in [1.29, 1.82) is 0 Å². The van der Waals surface area contributed by atoms with Crippen molar-refractivity contribution >= 4 is 17.5 Å². The molecule has 4 rings (SSSR count). The molecule has 0 saturated carbocycles. The van der Waals surface area contributed by atoms with Crippen LogP contribution in [0.2, 0.25) is 5.02 Å². The molecule has 0 saturated heterocycles. The third-order valence-corrected chi connectivity index (χ3v) is 5.77. The minimum Gasteiger partial charge on any atom is -0.333 e. The van der Waals surface area contributed by atoms with Gasteiger partial charge in [-0.3, -0.25) is 4.79 Å². The third-order valence-electron chi connectivity index (χ3n) is 5.42. The number of hydrogen-bond acceptors (Lipinski definition) is 2. The molecule has 3 aromatic carbocycles. The molecule has 0 aromatic heterocycles. The zero-order valence-corrected chi connectivity index (χ0v) is 16.6.